The zero-order chi connectivity index (χ0) is 10.8. The van der Waals surface area contributed by atoms with E-state index in [1.165, 1.54) is 13.2 Å². The molecule has 0 saturated carbocycles. The van der Waals surface area contributed by atoms with E-state index in [0.29, 0.717) is 10.0 Å². The maximum Gasteiger partial charge on any atom is 0.130 e. The molecule has 1 rings (SSSR count). The fourth-order valence-electron chi connectivity index (χ4n) is 1.29. The van der Waals surface area contributed by atoms with Crippen LogP contribution in [0.15, 0.2) is 22.7 Å². The van der Waals surface area contributed by atoms with Gasteiger partial charge in [-0.3, -0.25) is 0 Å². The van der Waals surface area contributed by atoms with Gasteiger partial charge in [0.1, 0.15) is 11.4 Å². The molecule has 0 aliphatic carbocycles. The van der Waals surface area contributed by atoms with Crippen molar-refractivity contribution in [2.24, 2.45) is 5.73 Å². The van der Waals surface area contributed by atoms with Gasteiger partial charge in [-0.1, -0.05) is 22.0 Å². The summed E-state index contributed by atoms with van der Waals surface area (Å²) in [5, 5.41) is 0. The molecular weight excluding hydrogens is 249 g/mol. The maximum atomic E-state index is 13.6. The lowest BCUT2D eigenvalue weighted by molar-refractivity contribution is 0.00653. The molecule has 0 amide bonds. The molecule has 2 N–H and O–H groups in total. The van der Waals surface area contributed by atoms with Crippen molar-refractivity contribution >= 4 is 15.9 Å². The predicted octanol–water partition coefficient (Wildman–Crippen LogP) is 2.41. The van der Waals surface area contributed by atoms with Crippen molar-refractivity contribution in [2.75, 3.05) is 13.7 Å². The molecule has 14 heavy (non-hydrogen) atoms. The van der Waals surface area contributed by atoms with E-state index >= 15 is 0 Å². The van der Waals surface area contributed by atoms with Crippen LogP contribution < -0.4 is 5.73 Å². The minimum atomic E-state index is -0.788. The highest BCUT2D eigenvalue weighted by Gasteiger charge is 2.29. The molecule has 1 aromatic carbocycles. The predicted molar refractivity (Wildman–Crippen MR) is 57.5 cm³/mol. The van der Waals surface area contributed by atoms with Crippen LogP contribution in [0.25, 0.3) is 0 Å². The molecule has 0 radical (unpaired) electrons. The molecule has 0 spiro atoms. The van der Waals surface area contributed by atoms with E-state index in [1.54, 1.807) is 19.1 Å². The van der Waals surface area contributed by atoms with Crippen LogP contribution in [0.3, 0.4) is 0 Å². The van der Waals surface area contributed by atoms with Gasteiger partial charge in [-0.2, -0.15) is 0 Å². The van der Waals surface area contributed by atoms with Crippen LogP contribution in [0.1, 0.15) is 12.5 Å². The Balaban J connectivity index is 3.29. The third kappa shape index (κ3) is 1.97. The Morgan fingerprint density at radius 2 is 2.21 bits per heavy atom. The van der Waals surface area contributed by atoms with Crippen molar-refractivity contribution in [3.05, 3.63) is 34.1 Å². The molecule has 0 aromatic heterocycles. The van der Waals surface area contributed by atoms with Crippen molar-refractivity contribution in [2.45, 2.75) is 12.5 Å². The summed E-state index contributed by atoms with van der Waals surface area (Å²) in [6.07, 6.45) is 0. The summed E-state index contributed by atoms with van der Waals surface area (Å²) in [7, 11) is 1.52. The third-order valence-electron chi connectivity index (χ3n) is 2.33. The molecule has 78 valence electrons. The van der Waals surface area contributed by atoms with E-state index in [2.05, 4.69) is 15.9 Å². The molecule has 0 bridgehead atoms. The number of methoxy groups -OCH3 is 1. The first-order valence-corrected chi connectivity index (χ1v) is 5.04. The van der Waals surface area contributed by atoms with Gasteiger partial charge in [0.2, 0.25) is 0 Å². The fourth-order valence-corrected chi connectivity index (χ4v) is 2.05. The average molecular weight is 262 g/mol. The van der Waals surface area contributed by atoms with Crippen LogP contribution in [0.2, 0.25) is 0 Å². The molecule has 1 unspecified atom stereocenters. The van der Waals surface area contributed by atoms with Crippen LogP contribution in [0, 0.1) is 5.82 Å². The zero-order valence-corrected chi connectivity index (χ0v) is 9.77. The van der Waals surface area contributed by atoms with Gasteiger partial charge in [0.25, 0.3) is 0 Å². The largest absolute Gasteiger partial charge is 0.372 e. The van der Waals surface area contributed by atoms with E-state index in [-0.39, 0.29) is 12.4 Å². The van der Waals surface area contributed by atoms with Gasteiger partial charge in [-0.05, 0) is 19.1 Å². The van der Waals surface area contributed by atoms with Crippen LogP contribution in [-0.2, 0) is 10.3 Å². The van der Waals surface area contributed by atoms with Crippen molar-refractivity contribution < 1.29 is 9.13 Å². The van der Waals surface area contributed by atoms with Gasteiger partial charge in [-0.25, -0.2) is 4.39 Å². The van der Waals surface area contributed by atoms with Crippen LogP contribution in [0.4, 0.5) is 4.39 Å². The Hall–Kier alpha value is -0.450. The molecule has 0 aliphatic heterocycles. The number of halogens is 2. The number of benzene rings is 1. The van der Waals surface area contributed by atoms with E-state index < -0.39 is 5.60 Å². The zero-order valence-electron chi connectivity index (χ0n) is 8.18. The molecule has 0 fully saturated rings. The summed E-state index contributed by atoms with van der Waals surface area (Å²) < 4.78 is 19.5. The summed E-state index contributed by atoms with van der Waals surface area (Å²) in [4.78, 5) is 0. The average Bonchev–Trinajstić information content (AvgIpc) is 2.17. The number of rotatable bonds is 3. The standard InChI is InChI=1S/C10H13BrFNO/c1-10(6-13,14-2)9-7(11)4-3-5-8(9)12/h3-5H,6,13H2,1-2H3. The molecule has 1 atom stereocenters. The lowest BCUT2D eigenvalue weighted by Crippen LogP contribution is -2.35. The monoisotopic (exact) mass is 261 g/mol. The first-order chi connectivity index (χ1) is 6.55. The van der Waals surface area contributed by atoms with Gasteiger partial charge >= 0.3 is 0 Å². The first kappa shape index (κ1) is 11.6. The second kappa shape index (κ2) is 4.38. The Bertz CT molecular complexity index is 306. The highest BCUT2D eigenvalue weighted by atomic mass is 79.9. The van der Waals surface area contributed by atoms with Crippen molar-refractivity contribution in [1.82, 2.24) is 0 Å². The molecule has 0 heterocycles. The van der Waals surface area contributed by atoms with E-state index in [0.717, 1.165) is 0 Å². The molecule has 0 saturated heterocycles. The SMILES string of the molecule is COC(C)(CN)c1c(F)cccc1Br. The van der Waals surface area contributed by atoms with Crippen LogP contribution in [0.5, 0.6) is 0 Å². The quantitative estimate of drug-likeness (QED) is 0.907. The topological polar surface area (TPSA) is 35.2 Å². The number of hydrogen-bond donors (Lipinski definition) is 1. The lowest BCUT2D eigenvalue weighted by Gasteiger charge is -2.28. The molecule has 2 nitrogen and oxygen atoms in total. The number of nitrogens with two attached hydrogens (primary N) is 1. The van der Waals surface area contributed by atoms with Gasteiger partial charge < -0.3 is 10.5 Å². The third-order valence-corrected chi connectivity index (χ3v) is 2.99. The Morgan fingerprint density at radius 3 is 2.64 bits per heavy atom. The molecule has 4 heteroatoms. The summed E-state index contributed by atoms with van der Waals surface area (Å²) >= 11 is 3.29. The van der Waals surface area contributed by atoms with Gasteiger partial charge in [0, 0.05) is 23.7 Å². The smallest absolute Gasteiger partial charge is 0.130 e. The minimum Gasteiger partial charge on any atom is -0.372 e. The summed E-state index contributed by atoms with van der Waals surface area (Å²) in [6.45, 7) is 1.99. The van der Waals surface area contributed by atoms with Crippen molar-refractivity contribution in [1.29, 1.82) is 0 Å². The normalized spacial score (nSPS) is 15.2. The first-order valence-electron chi connectivity index (χ1n) is 4.25. The lowest BCUT2D eigenvalue weighted by atomic mass is 9.95. The Kier molecular flexibility index (Phi) is 3.64. The van der Waals surface area contributed by atoms with Gasteiger partial charge in [0.05, 0.1) is 0 Å². The molecule has 1 aromatic rings. The Labute approximate surface area is 91.4 Å². The van der Waals surface area contributed by atoms with Crippen molar-refractivity contribution in [3.8, 4) is 0 Å². The van der Waals surface area contributed by atoms with E-state index in [1.807, 2.05) is 0 Å². The second-order valence-corrected chi connectivity index (χ2v) is 4.09. The maximum absolute atomic E-state index is 13.6. The fraction of sp³-hybridized carbons (Fsp3) is 0.400. The summed E-state index contributed by atoms with van der Waals surface area (Å²) in [5.41, 5.74) is 5.25. The second-order valence-electron chi connectivity index (χ2n) is 3.24. The van der Waals surface area contributed by atoms with Gasteiger partial charge in [0.15, 0.2) is 0 Å². The van der Waals surface area contributed by atoms with Gasteiger partial charge in [-0.15, -0.1) is 0 Å². The number of hydrogen-bond acceptors (Lipinski definition) is 2. The molecule has 0 aliphatic rings. The highest BCUT2D eigenvalue weighted by Crippen LogP contribution is 2.32. The number of ether oxygens (including phenoxy) is 1. The highest BCUT2D eigenvalue weighted by molar-refractivity contribution is 9.10. The van der Waals surface area contributed by atoms with Crippen molar-refractivity contribution in [3.63, 3.8) is 0 Å². The van der Waals surface area contributed by atoms with E-state index in [4.69, 9.17) is 10.5 Å². The van der Waals surface area contributed by atoms with Crippen LogP contribution in [-0.4, -0.2) is 13.7 Å². The van der Waals surface area contributed by atoms with E-state index in [9.17, 15) is 4.39 Å². The summed E-state index contributed by atoms with van der Waals surface area (Å²) in [6, 6.07) is 4.80. The van der Waals surface area contributed by atoms with Crippen LogP contribution >= 0.6 is 15.9 Å². The minimum absolute atomic E-state index is 0.225. The summed E-state index contributed by atoms with van der Waals surface area (Å²) in [5.74, 6) is -0.311. The molecular formula is C10H13BrFNO. The Morgan fingerprint density at radius 1 is 1.57 bits per heavy atom.